The Morgan fingerprint density at radius 1 is 1.39 bits per heavy atom. The minimum atomic E-state index is 0.0137. The SMILES string of the molecule is CCC(NCC1(C)CCCO1)c1ccc(Cl)cc1. The molecule has 0 saturated carbocycles. The van der Waals surface area contributed by atoms with Gasteiger partial charge in [-0.3, -0.25) is 0 Å². The van der Waals surface area contributed by atoms with E-state index in [1.165, 1.54) is 12.0 Å². The Hall–Kier alpha value is -0.570. The van der Waals surface area contributed by atoms with Crippen molar-refractivity contribution in [2.24, 2.45) is 0 Å². The normalized spacial score (nSPS) is 25.3. The largest absolute Gasteiger partial charge is 0.374 e. The van der Waals surface area contributed by atoms with Gasteiger partial charge in [0, 0.05) is 24.2 Å². The zero-order chi connectivity index (χ0) is 13.0. The lowest BCUT2D eigenvalue weighted by Gasteiger charge is -2.27. The van der Waals surface area contributed by atoms with Crippen LogP contribution in [-0.4, -0.2) is 18.8 Å². The molecule has 1 N–H and O–H groups in total. The van der Waals surface area contributed by atoms with Crippen LogP contribution in [0.4, 0.5) is 0 Å². The topological polar surface area (TPSA) is 21.3 Å². The van der Waals surface area contributed by atoms with Gasteiger partial charge >= 0.3 is 0 Å². The summed E-state index contributed by atoms with van der Waals surface area (Å²) in [6.45, 7) is 6.20. The summed E-state index contributed by atoms with van der Waals surface area (Å²) in [4.78, 5) is 0. The summed E-state index contributed by atoms with van der Waals surface area (Å²) >= 11 is 5.92. The van der Waals surface area contributed by atoms with Crippen molar-refractivity contribution >= 4 is 11.6 Å². The van der Waals surface area contributed by atoms with Crippen molar-refractivity contribution in [3.8, 4) is 0 Å². The number of nitrogens with one attached hydrogen (secondary N) is 1. The van der Waals surface area contributed by atoms with Crippen LogP contribution in [0.15, 0.2) is 24.3 Å². The van der Waals surface area contributed by atoms with Crippen LogP contribution in [0.5, 0.6) is 0 Å². The van der Waals surface area contributed by atoms with Gasteiger partial charge in [0.1, 0.15) is 0 Å². The van der Waals surface area contributed by atoms with E-state index in [2.05, 4.69) is 31.3 Å². The number of hydrogen-bond acceptors (Lipinski definition) is 2. The van der Waals surface area contributed by atoms with Gasteiger partial charge in [0.05, 0.1) is 5.60 Å². The molecule has 0 aliphatic carbocycles. The zero-order valence-electron chi connectivity index (χ0n) is 11.2. The summed E-state index contributed by atoms with van der Waals surface area (Å²) in [6, 6.07) is 8.48. The molecule has 18 heavy (non-hydrogen) atoms. The average Bonchev–Trinajstić information content (AvgIpc) is 2.79. The monoisotopic (exact) mass is 267 g/mol. The molecule has 1 fully saturated rings. The molecule has 0 spiro atoms. The molecule has 0 bridgehead atoms. The van der Waals surface area contributed by atoms with Crippen molar-refractivity contribution in [3.05, 3.63) is 34.9 Å². The fourth-order valence-electron chi connectivity index (χ4n) is 2.51. The van der Waals surface area contributed by atoms with Crippen molar-refractivity contribution < 1.29 is 4.74 Å². The minimum Gasteiger partial charge on any atom is -0.374 e. The maximum atomic E-state index is 5.92. The fraction of sp³-hybridized carbons (Fsp3) is 0.600. The van der Waals surface area contributed by atoms with Gasteiger partial charge < -0.3 is 10.1 Å². The third kappa shape index (κ3) is 3.47. The first-order chi connectivity index (χ1) is 8.63. The summed E-state index contributed by atoms with van der Waals surface area (Å²) in [5, 5.41) is 4.41. The lowest BCUT2D eigenvalue weighted by atomic mass is 10.00. The van der Waals surface area contributed by atoms with Gasteiger partial charge in [0.2, 0.25) is 0 Å². The zero-order valence-corrected chi connectivity index (χ0v) is 12.0. The predicted molar refractivity (Wildman–Crippen MR) is 76.1 cm³/mol. The maximum Gasteiger partial charge on any atom is 0.0779 e. The van der Waals surface area contributed by atoms with Crippen LogP contribution in [-0.2, 0) is 4.74 Å². The number of halogens is 1. The van der Waals surface area contributed by atoms with Crippen LogP contribution in [0.3, 0.4) is 0 Å². The van der Waals surface area contributed by atoms with Crippen molar-refractivity contribution in [2.45, 2.75) is 44.8 Å². The molecule has 1 saturated heterocycles. The van der Waals surface area contributed by atoms with Crippen molar-refractivity contribution in [1.82, 2.24) is 5.32 Å². The summed E-state index contributed by atoms with van der Waals surface area (Å²) in [6.07, 6.45) is 3.39. The predicted octanol–water partition coefficient (Wildman–Crippen LogP) is 3.95. The molecular formula is C15H22ClNO. The van der Waals surface area contributed by atoms with E-state index in [4.69, 9.17) is 16.3 Å². The fourth-order valence-corrected chi connectivity index (χ4v) is 2.63. The molecule has 100 valence electrons. The number of ether oxygens (including phenoxy) is 1. The van der Waals surface area contributed by atoms with E-state index in [-0.39, 0.29) is 5.60 Å². The quantitative estimate of drug-likeness (QED) is 0.872. The highest BCUT2D eigenvalue weighted by Crippen LogP contribution is 2.26. The second kappa shape index (κ2) is 6.05. The smallest absolute Gasteiger partial charge is 0.0779 e. The first kappa shape index (κ1) is 13.9. The van der Waals surface area contributed by atoms with E-state index < -0.39 is 0 Å². The summed E-state index contributed by atoms with van der Waals surface area (Å²) < 4.78 is 5.81. The van der Waals surface area contributed by atoms with Gasteiger partial charge in [0.15, 0.2) is 0 Å². The lowest BCUT2D eigenvalue weighted by Crippen LogP contribution is -2.38. The number of rotatable bonds is 5. The molecule has 0 aromatic heterocycles. The highest BCUT2D eigenvalue weighted by atomic mass is 35.5. The van der Waals surface area contributed by atoms with Crippen molar-refractivity contribution in [2.75, 3.05) is 13.2 Å². The van der Waals surface area contributed by atoms with Crippen LogP contribution >= 0.6 is 11.6 Å². The van der Waals surface area contributed by atoms with Gasteiger partial charge in [0.25, 0.3) is 0 Å². The Morgan fingerprint density at radius 2 is 2.11 bits per heavy atom. The Balaban J connectivity index is 1.95. The van der Waals surface area contributed by atoms with Crippen molar-refractivity contribution in [1.29, 1.82) is 0 Å². The van der Waals surface area contributed by atoms with Gasteiger partial charge in [-0.2, -0.15) is 0 Å². The first-order valence-corrected chi connectivity index (χ1v) is 7.13. The molecule has 1 heterocycles. The molecule has 2 atom stereocenters. The maximum absolute atomic E-state index is 5.92. The lowest BCUT2D eigenvalue weighted by molar-refractivity contribution is 0.0186. The third-order valence-corrected chi connectivity index (χ3v) is 3.96. The average molecular weight is 268 g/mol. The molecule has 1 aromatic carbocycles. The van der Waals surface area contributed by atoms with Crippen LogP contribution in [0.2, 0.25) is 5.02 Å². The second-order valence-corrected chi connectivity index (χ2v) is 5.73. The van der Waals surface area contributed by atoms with E-state index in [1.54, 1.807) is 0 Å². The van der Waals surface area contributed by atoms with Gasteiger partial charge in [-0.25, -0.2) is 0 Å². The Bertz CT molecular complexity index is 371. The molecule has 1 aromatic rings. The van der Waals surface area contributed by atoms with Gasteiger partial charge in [-0.15, -0.1) is 0 Å². The van der Waals surface area contributed by atoms with Gasteiger partial charge in [-0.05, 0) is 43.9 Å². The van der Waals surface area contributed by atoms with Crippen LogP contribution in [0.25, 0.3) is 0 Å². The highest BCUT2D eigenvalue weighted by molar-refractivity contribution is 6.30. The Labute approximate surface area is 115 Å². The first-order valence-electron chi connectivity index (χ1n) is 6.76. The van der Waals surface area contributed by atoms with E-state index >= 15 is 0 Å². The summed E-state index contributed by atoms with van der Waals surface area (Å²) in [7, 11) is 0. The minimum absolute atomic E-state index is 0.0137. The van der Waals surface area contributed by atoms with E-state index in [1.807, 2.05) is 12.1 Å². The number of benzene rings is 1. The van der Waals surface area contributed by atoms with E-state index in [0.717, 1.165) is 31.0 Å². The van der Waals surface area contributed by atoms with Gasteiger partial charge in [-0.1, -0.05) is 30.7 Å². The van der Waals surface area contributed by atoms with Crippen molar-refractivity contribution in [3.63, 3.8) is 0 Å². The molecule has 2 rings (SSSR count). The molecular weight excluding hydrogens is 246 g/mol. The summed E-state index contributed by atoms with van der Waals surface area (Å²) in [5.74, 6) is 0. The Morgan fingerprint density at radius 3 is 2.67 bits per heavy atom. The standard InChI is InChI=1S/C15H22ClNO/c1-3-14(12-5-7-13(16)8-6-12)17-11-15(2)9-4-10-18-15/h5-8,14,17H,3-4,9-11H2,1-2H3. The second-order valence-electron chi connectivity index (χ2n) is 5.30. The molecule has 2 unspecified atom stereocenters. The van der Waals surface area contributed by atoms with E-state index in [0.29, 0.717) is 6.04 Å². The van der Waals surface area contributed by atoms with Crippen LogP contribution < -0.4 is 5.32 Å². The molecule has 2 nitrogen and oxygen atoms in total. The molecule has 0 amide bonds. The molecule has 0 radical (unpaired) electrons. The molecule has 3 heteroatoms. The number of hydrogen-bond donors (Lipinski definition) is 1. The third-order valence-electron chi connectivity index (χ3n) is 3.70. The summed E-state index contributed by atoms with van der Waals surface area (Å²) in [5.41, 5.74) is 1.31. The van der Waals surface area contributed by atoms with E-state index in [9.17, 15) is 0 Å². The van der Waals surface area contributed by atoms with Crippen LogP contribution in [0, 0.1) is 0 Å². The molecule has 1 aliphatic rings. The highest BCUT2D eigenvalue weighted by Gasteiger charge is 2.30. The van der Waals surface area contributed by atoms with Crippen LogP contribution in [0.1, 0.15) is 44.7 Å². The Kier molecular flexibility index (Phi) is 4.66. The molecule has 1 aliphatic heterocycles.